The molecule has 0 aliphatic rings. The molecule has 0 amide bonds. The number of nitrogens with two attached hydrogens (primary N) is 1. The van der Waals surface area contributed by atoms with Crippen LogP contribution in [-0.2, 0) is 12.8 Å². The molecule has 0 aliphatic heterocycles. The van der Waals surface area contributed by atoms with Gasteiger partial charge in [-0.15, -0.1) is 11.3 Å². The number of nitrogens with zero attached hydrogens (tertiary/aromatic N) is 2. The van der Waals surface area contributed by atoms with Crippen LogP contribution in [0, 0.1) is 6.92 Å². The van der Waals surface area contributed by atoms with Crippen LogP contribution in [0.3, 0.4) is 0 Å². The van der Waals surface area contributed by atoms with E-state index in [0.29, 0.717) is 11.6 Å². The van der Waals surface area contributed by atoms with Crippen LogP contribution >= 0.6 is 11.3 Å². The fourth-order valence-electron chi connectivity index (χ4n) is 2.85. The van der Waals surface area contributed by atoms with Crippen LogP contribution in [-0.4, -0.2) is 10.1 Å². The second kappa shape index (κ2) is 7.14. The number of thiophene rings is 1. The lowest BCUT2D eigenvalue weighted by atomic mass is 10.1. The average Bonchev–Trinajstić information content (AvgIpc) is 3.27. The Balaban J connectivity index is 1.46. The maximum Gasteiger partial charge on any atom is 0.170 e. The summed E-state index contributed by atoms with van der Waals surface area (Å²) in [4.78, 5) is 6.71. The molecule has 3 aromatic heterocycles. The summed E-state index contributed by atoms with van der Waals surface area (Å²) in [5, 5.41) is 4.18. The highest BCUT2D eigenvalue weighted by molar-refractivity contribution is 7.12. The van der Waals surface area contributed by atoms with E-state index in [4.69, 9.17) is 10.3 Å². The Morgan fingerprint density at radius 2 is 1.77 bits per heavy atom. The Morgan fingerprint density at radius 1 is 1.00 bits per heavy atom. The van der Waals surface area contributed by atoms with E-state index >= 15 is 0 Å². The molecule has 26 heavy (non-hydrogen) atoms. The van der Waals surface area contributed by atoms with Gasteiger partial charge in [-0.1, -0.05) is 35.0 Å². The molecule has 0 unspecified atom stereocenters. The van der Waals surface area contributed by atoms with Crippen LogP contribution in [0.4, 0.5) is 5.82 Å². The molecule has 0 radical (unpaired) electrons. The van der Waals surface area contributed by atoms with Crippen molar-refractivity contribution in [3.63, 3.8) is 0 Å². The number of aromatic nitrogens is 2. The van der Waals surface area contributed by atoms with Crippen molar-refractivity contribution in [1.29, 1.82) is 0 Å². The van der Waals surface area contributed by atoms with Gasteiger partial charge in [0.05, 0.1) is 11.3 Å². The van der Waals surface area contributed by atoms with E-state index < -0.39 is 0 Å². The van der Waals surface area contributed by atoms with Crippen LogP contribution in [0.5, 0.6) is 0 Å². The highest BCUT2D eigenvalue weighted by Crippen LogP contribution is 2.27. The molecule has 4 aromatic rings. The monoisotopic (exact) mass is 361 g/mol. The van der Waals surface area contributed by atoms with Crippen molar-refractivity contribution in [1.82, 2.24) is 10.1 Å². The van der Waals surface area contributed by atoms with E-state index in [1.54, 1.807) is 6.20 Å². The Kier molecular flexibility index (Phi) is 4.54. The lowest BCUT2D eigenvalue weighted by Crippen LogP contribution is -1.91. The van der Waals surface area contributed by atoms with Crippen molar-refractivity contribution in [2.24, 2.45) is 0 Å². The first kappa shape index (κ1) is 16.5. The molecular formula is C21H19N3OS. The molecule has 0 saturated carbocycles. The van der Waals surface area contributed by atoms with Crippen molar-refractivity contribution in [3.8, 4) is 11.3 Å². The van der Waals surface area contributed by atoms with Gasteiger partial charge >= 0.3 is 0 Å². The summed E-state index contributed by atoms with van der Waals surface area (Å²) >= 11 is 1.82. The number of hydrogen-bond donors (Lipinski definition) is 1. The molecule has 0 bridgehead atoms. The zero-order chi connectivity index (χ0) is 17.9. The SMILES string of the molecule is Cc1ccc(Cc2ccc(Cc3cc(-c4cccnc4N)on3)s2)cc1. The summed E-state index contributed by atoms with van der Waals surface area (Å²) in [6.07, 6.45) is 3.38. The molecule has 0 fully saturated rings. The molecule has 4 rings (SSSR count). The van der Waals surface area contributed by atoms with Gasteiger partial charge in [0.1, 0.15) is 5.82 Å². The third-order valence-electron chi connectivity index (χ3n) is 4.23. The van der Waals surface area contributed by atoms with Gasteiger partial charge < -0.3 is 10.3 Å². The lowest BCUT2D eigenvalue weighted by Gasteiger charge is -1.99. The van der Waals surface area contributed by atoms with Crippen LogP contribution in [0.25, 0.3) is 11.3 Å². The highest BCUT2D eigenvalue weighted by Gasteiger charge is 2.11. The molecule has 0 atom stereocenters. The standard InChI is InChI=1S/C21H19N3OS/c1-14-4-6-15(7-5-14)11-17-8-9-18(26-17)12-16-13-20(25-24-16)19-3-2-10-23-21(19)22/h2-10,13H,11-12H2,1H3,(H2,22,23). The Bertz CT molecular complexity index is 1020. The number of benzene rings is 1. The van der Waals surface area contributed by atoms with E-state index in [1.807, 2.05) is 29.5 Å². The molecular weight excluding hydrogens is 342 g/mol. The summed E-state index contributed by atoms with van der Waals surface area (Å²) in [6, 6.07) is 18.7. The molecule has 2 N–H and O–H groups in total. The number of aryl methyl sites for hydroxylation is 1. The molecule has 0 aliphatic carbocycles. The van der Waals surface area contributed by atoms with Crippen molar-refractivity contribution < 1.29 is 4.52 Å². The van der Waals surface area contributed by atoms with E-state index in [-0.39, 0.29) is 0 Å². The maximum absolute atomic E-state index is 5.90. The van der Waals surface area contributed by atoms with Crippen molar-refractivity contribution in [3.05, 3.63) is 87.4 Å². The average molecular weight is 361 g/mol. The van der Waals surface area contributed by atoms with Gasteiger partial charge in [0.25, 0.3) is 0 Å². The van der Waals surface area contributed by atoms with Gasteiger partial charge in [-0.3, -0.25) is 0 Å². The van der Waals surface area contributed by atoms with E-state index in [0.717, 1.165) is 24.1 Å². The molecule has 0 spiro atoms. The topological polar surface area (TPSA) is 64.9 Å². The summed E-state index contributed by atoms with van der Waals surface area (Å²) in [6.45, 7) is 2.11. The molecule has 3 heterocycles. The zero-order valence-electron chi connectivity index (χ0n) is 14.5. The highest BCUT2D eigenvalue weighted by atomic mass is 32.1. The first-order valence-corrected chi connectivity index (χ1v) is 9.28. The largest absolute Gasteiger partial charge is 0.383 e. The molecule has 1 aromatic carbocycles. The lowest BCUT2D eigenvalue weighted by molar-refractivity contribution is 0.425. The predicted octanol–water partition coefficient (Wildman–Crippen LogP) is 4.87. The Labute approximate surface area is 156 Å². The maximum atomic E-state index is 5.90. The minimum absolute atomic E-state index is 0.451. The number of rotatable bonds is 5. The molecule has 5 heteroatoms. The van der Waals surface area contributed by atoms with Gasteiger partial charge in [-0.2, -0.15) is 0 Å². The van der Waals surface area contributed by atoms with Gasteiger partial charge in [0.15, 0.2) is 5.76 Å². The second-order valence-electron chi connectivity index (χ2n) is 6.33. The van der Waals surface area contributed by atoms with Crippen LogP contribution in [0.15, 0.2) is 65.3 Å². The van der Waals surface area contributed by atoms with Crippen LogP contribution < -0.4 is 5.73 Å². The predicted molar refractivity (Wildman–Crippen MR) is 105 cm³/mol. The van der Waals surface area contributed by atoms with Gasteiger partial charge in [0, 0.05) is 34.9 Å². The van der Waals surface area contributed by atoms with Crippen molar-refractivity contribution in [2.75, 3.05) is 5.73 Å². The number of anilines is 1. The number of hydrogen-bond acceptors (Lipinski definition) is 5. The van der Waals surface area contributed by atoms with E-state index in [2.05, 4.69) is 53.5 Å². The van der Waals surface area contributed by atoms with Gasteiger partial charge in [0.2, 0.25) is 0 Å². The minimum atomic E-state index is 0.451. The molecule has 4 nitrogen and oxygen atoms in total. The minimum Gasteiger partial charge on any atom is -0.383 e. The Hall–Kier alpha value is -2.92. The van der Waals surface area contributed by atoms with Crippen LogP contribution in [0.1, 0.15) is 26.6 Å². The fraction of sp³-hybridized carbons (Fsp3) is 0.143. The number of pyridine rings is 1. The van der Waals surface area contributed by atoms with Crippen molar-refractivity contribution >= 4 is 17.2 Å². The third-order valence-corrected chi connectivity index (χ3v) is 5.32. The second-order valence-corrected chi connectivity index (χ2v) is 7.58. The molecule has 0 saturated heterocycles. The summed E-state index contributed by atoms with van der Waals surface area (Å²) in [7, 11) is 0. The quantitative estimate of drug-likeness (QED) is 0.551. The van der Waals surface area contributed by atoms with Gasteiger partial charge in [-0.25, -0.2) is 4.98 Å². The van der Waals surface area contributed by atoms with Gasteiger partial charge in [-0.05, 0) is 36.8 Å². The van der Waals surface area contributed by atoms with E-state index in [1.165, 1.54) is 20.9 Å². The smallest absolute Gasteiger partial charge is 0.170 e. The van der Waals surface area contributed by atoms with E-state index in [9.17, 15) is 0 Å². The molecule has 130 valence electrons. The summed E-state index contributed by atoms with van der Waals surface area (Å²) in [5.41, 5.74) is 10.2. The first-order chi connectivity index (χ1) is 12.7. The van der Waals surface area contributed by atoms with Crippen LogP contribution in [0.2, 0.25) is 0 Å². The Morgan fingerprint density at radius 3 is 2.54 bits per heavy atom. The normalized spacial score (nSPS) is 11.0. The summed E-state index contributed by atoms with van der Waals surface area (Å²) < 4.78 is 5.45. The third kappa shape index (κ3) is 3.68. The van der Waals surface area contributed by atoms with Crippen molar-refractivity contribution in [2.45, 2.75) is 19.8 Å². The first-order valence-electron chi connectivity index (χ1n) is 8.47. The zero-order valence-corrected chi connectivity index (χ0v) is 15.3. The fourth-order valence-corrected chi connectivity index (χ4v) is 3.91. The number of nitrogen functional groups attached to an aromatic ring is 1. The summed E-state index contributed by atoms with van der Waals surface area (Å²) in [5.74, 6) is 1.11.